The first-order valence-electron chi connectivity index (χ1n) is 7.63. The Labute approximate surface area is 137 Å². The van der Waals surface area contributed by atoms with Crippen LogP contribution in [-0.4, -0.2) is 23.7 Å². The van der Waals surface area contributed by atoms with Crippen molar-refractivity contribution in [3.05, 3.63) is 41.6 Å². The van der Waals surface area contributed by atoms with Crippen molar-refractivity contribution in [2.24, 2.45) is 0 Å². The van der Waals surface area contributed by atoms with Crippen LogP contribution < -0.4 is 10.2 Å². The van der Waals surface area contributed by atoms with Gasteiger partial charge in [-0.15, -0.1) is 0 Å². The summed E-state index contributed by atoms with van der Waals surface area (Å²) in [7, 11) is 0. The van der Waals surface area contributed by atoms with E-state index in [1.54, 1.807) is 0 Å². The van der Waals surface area contributed by atoms with Crippen LogP contribution in [-0.2, 0) is 9.53 Å². The fourth-order valence-electron chi connectivity index (χ4n) is 2.70. The molecule has 118 valence electrons. The summed E-state index contributed by atoms with van der Waals surface area (Å²) in [6.07, 6.45) is 1.80. The van der Waals surface area contributed by atoms with Gasteiger partial charge in [0.25, 0.3) is 0 Å². The Hall–Kier alpha value is -1.88. The monoisotopic (exact) mass is 318 g/mol. The van der Waals surface area contributed by atoms with Crippen molar-refractivity contribution in [3.63, 3.8) is 0 Å². The predicted octanol–water partition coefficient (Wildman–Crippen LogP) is 3.39. The summed E-state index contributed by atoms with van der Waals surface area (Å²) in [6, 6.07) is 9.72. The van der Waals surface area contributed by atoms with E-state index in [0.717, 1.165) is 24.2 Å². The van der Waals surface area contributed by atoms with E-state index in [1.165, 1.54) is 0 Å². The van der Waals surface area contributed by atoms with Crippen LogP contribution in [0.15, 0.2) is 41.6 Å². The average Bonchev–Trinajstić information content (AvgIpc) is 2.48. The highest BCUT2D eigenvalue weighted by Gasteiger charge is 2.33. The van der Waals surface area contributed by atoms with Crippen LogP contribution in [0, 0.1) is 0 Å². The number of esters is 1. The van der Waals surface area contributed by atoms with Gasteiger partial charge in [0.15, 0.2) is 5.11 Å². The van der Waals surface area contributed by atoms with Crippen LogP contribution >= 0.6 is 12.2 Å². The van der Waals surface area contributed by atoms with E-state index in [4.69, 9.17) is 17.0 Å². The number of para-hydroxylation sites is 1. The zero-order valence-corrected chi connectivity index (χ0v) is 14.1. The Morgan fingerprint density at radius 3 is 2.59 bits per heavy atom. The molecule has 0 aromatic heterocycles. The summed E-state index contributed by atoms with van der Waals surface area (Å²) in [6.45, 7) is 6.20. The van der Waals surface area contributed by atoms with Crippen molar-refractivity contribution in [1.82, 2.24) is 5.32 Å². The molecule has 1 heterocycles. The highest BCUT2D eigenvalue weighted by Crippen LogP contribution is 2.28. The van der Waals surface area contributed by atoms with Gasteiger partial charge in [0, 0.05) is 11.4 Å². The molecule has 1 atom stereocenters. The summed E-state index contributed by atoms with van der Waals surface area (Å²) in [5.41, 5.74) is 2.45. The van der Waals surface area contributed by atoms with Crippen LogP contribution in [0.25, 0.3) is 0 Å². The van der Waals surface area contributed by atoms with E-state index in [-0.39, 0.29) is 12.0 Å². The standard InChI is InChI=1S/C17H22N2O2S/c1-4-9-14-15(16(20)21-5-2)12(3)19(17(22)18-14)13-10-7-6-8-11-13/h6-8,10-11,14H,4-5,9H2,1-3H3,(H,18,22)/t14-/m1/s1. The molecule has 0 fully saturated rings. The van der Waals surface area contributed by atoms with Gasteiger partial charge < -0.3 is 10.1 Å². The van der Waals surface area contributed by atoms with Crippen molar-refractivity contribution in [2.75, 3.05) is 11.5 Å². The molecule has 0 amide bonds. The van der Waals surface area contributed by atoms with Crippen molar-refractivity contribution >= 4 is 29.0 Å². The van der Waals surface area contributed by atoms with E-state index in [1.807, 2.05) is 49.1 Å². The van der Waals surface area contributed by atoms with Gasteiger partial charge in [-0.3, -0.25) is 4.90 Å². The second-order valence-electron chi connectivity index (χ2n) is 5.18. The van der Waals surface area contributed by atoms with Crippen LogP contribution in [0.1, 0.15) is 33.6 Å². The number of hydrogen-bond acceptors (Lipinski definition) is 3. The first-order valence-corrected chi connectivity index (χ1v) is 8.04. The highest BCUT2D eigenvalue weighted by molar-refractivity contribution is 7.80. The summed E-state index contributed by atoms with van der Waals surface area (Å²) in [4.78, 5) is 14.3. The third-order valence-corrected chi connectivity index (χ3v) is 3.96. The van der Waals surface area contributed by atoms with Crippen LogP contribution in [0.5, 0.6) is 0 Å². The molecule has 1 aliphatic heterocycles. The molecular weight excluding hydrogens is 296 g/mol. The second-order valence-corrected chi connectivity index (χ2v) is 5.57. The molecule has 0 unspecified atom stereocenters. The van der Waals surface area contributed by atoms with Gasteiger partial charge in [-0.2, -0.15) is 0 Å². The number of thiocarbonyl (C=S) groups is 1. The van der Waals surface area contributed by atoms with Gasteiger partial charge in [0.05, 0.1) is 18.2 Å². The Morgan fingerprint density at radius 1 is 1.32 bits per heavy atom. The molecule has 1 N–H and O–H groups in total. The molecule has 5 heteroatoms. The number of carbonyl (C=O) groups is 1. The topological polar surface area (TPSA) is 41.6 Å². The van der Waals surface area contributed by atoms with E-state index in [9.17, 15) is 4.79 Å². The summed E-state index contributed by atoms with van der Waals surface area (Å²) < 4.78 is 5.24. The fourth-order valence-corrected chi connectivity index (χ4v) is 3.09. The van der Waals surface area contributed by atoms with Gasteiger partial charge in [0.1, 0.15) is 0 Å². The van der Waals surface area contributed by atoms with Gasteiger partial charge in [-0.05, 0) is 44.6 Å². The summed E-state index contributed by atoms with van der Waals surface area (Å²) in [5, 5.41) is 3.90. The number of ether oxygens (including phenoxy) is 1. The molecule has 0 radical (unpaired) electrons. The maximum Gasteiger partial charge on any atom is 0.337 e. The second kappa shape index (κ2) is 7.40. The van der Waals surface area contributed by atoms with Gasteiger partial charge in [-0.25, -0.2) is 4.79 Å². The highest BCUT2D eigenvalue weighted by atomic mass is 32.1. The number of anilines is 1. The van der Waals surface area contributed by atoms with Gasteiger partial charge in [-0.1, -0.05) is 31.5 Å². The minimum Gasteiger partial charge on any atom is -0.463 e. The SMILES string of the molecule is CCC[C@H]1NC(=S)N(c2ccccc2)C(C)=C1C(=O)OCC. The molecule has 1 aliphatic rings. The number of allylic oxidation sites excluding steroid dienone is 1. The maximum atomic E-state index is 12.4. The molecule has 0 saturated carbocycles. The average molecular weight is 318 g/mol. The van der Waals surface area contributed by atoms with Crippen molar-refractivity contribution in [1.29, 1.82) is 0 Å². The predicted molar refractivity (Wildman–Crippen MR) is 92.7 cm³/mol. The third kappa shape index (κ3) is 3.30. The zero-order valence-electron chi connectivity index (χ0n) is 13.3. The molecule has 0 bridgehead atoms. The van der Waals surface area contributed by atoms with Crippen LogP contribution in [0.4, 0.5) is 5.69 Å². The smallest absolute Gasteiger partial charge is 0.337 e. The van der Waals surface area contributed by atoms with Crippen molar-refractivity contribution < 1.29 is 9.53 Å². The normalized spacial score (nSPS) is 18.2. The Kier molecular flexibility index (Phi) is 5.55. The minimum atomic E-state index is -0.269. The van der Waals surface area contributed by atoms with E-state index in [2.05, 4.69) is 12.2 Å². The molecule has 1 aromatic carbocycles. The number of benzene rings is 1. The summed E-state index contributed by atoms with van der Waals surface area (Å²) in [5.74, 6) is -0.269. The Balaban J connectivity index is 2.47. The van der Waals surface area contributed by atoms with Crippen molar-refractivity contribution in [3.8, 4) is 0 Å². The van der Waals surface area contributed by atoms with E-state index < -0.39 is 0 Å². The molecule has 2 rings (SSSR count). The zero-order chi connectivity index (χ0) is 16.1. The number of carbonyl (C=O) groups excluding carboxylic acids is 1. The first kappa shape index (κ1) is 16.5. The number of nitrogens with one attached hydrogen (secondary N) is 1. The molecule has 0 saturated heterocycles. The molecule has 0 spiro atoms. The molecule has 1 aromatic rings. The molecule has 22 heavy (non-hydrogen) atoms. The molecular formula is C17H22N2O2S. The van der Waals surface area contributed by atoms with Crippen molar-refractivity contribution in [2.45, 2.75) is 39.7 Å². The minimum absolute atomic E-state index is 0.0866. The molecule has 0 aliphatic carbocycles. The van der Waals surface area contributed by atoms with Crippen LogP contribution in [0.2, 0.25) is 0 Å². The third-order valence-electron chi connectivity index (χ3n) is 3.66. The van der Waals surface area contributed by atoms with Gasteiger partial charge >= 0.3 is 5.97 Å². The lowest BCUT2D eigenvalue weighted by molar-refractivity contribution is -0.139. The van der Waals surface area contributed by atoms with Gasteiger partial charge in [0.2, 0.25) is 0 Å². The lowest BCUT2D eigenvalue weighted by Gasteiger charge is -2.37. The maximum absolute atomic E-state index is 12.4. The molecule has 4 nitrogen and oxygen atoms in total. The number of nitrogens with zero attached hydrogens (tertiary/aromatic N) is 1. The lowest BCUT2D eigenvalue weighted by atomic mass is 9.98. The first-order chi connectivity index (χ1) is 10.6. The number of rotatable bonds is 5. The summed E-state index contributed by atoms with van der Waals surface area (Å²) >= 11 is 5.51. The fraction of sp³-hybridized carbons (Fsp3) is 0.412. The van der Waals surface area contributed by atoms with E-state index >= 15 is 0 Å². The largest absolute Gasteiger partial charge is 0.463 e. The Morgan fingerprint density at radius 2 is 2.00 bits per heavy atom. The Bertz CT molecular complexity index is 584. The van der Waals surface area contributed by atoms with Crippen LogP contribution in [0.3, 0.4) is 0 Å². The lowest BCUT2D eigenvalue weighted by Crippen LogP contribution is -2.52. The quantitative estimate of drug-likeness (QED) is 0.666. The van der Waals surface area contributed by atoms with E-state index in [0.29, 0.717) is 17.3 Å². The number of hydrogen-bond donors (Lipinski definition) is 1.